The van der Waals surface area contributed by atoms with Crippen LogP contribution in [0.25, 0.3) is 0 Å². The quantitative estimate of drug-likeness (QED) is 0.593. The zero-order valence-corrected chi connectivity index (χ0v) is 17.4. The fourth-order valence-corrected chi connectivity index (χ4v) is 3.57. The van der Waals surface area contributed by atoms with Crippen molar-refractivity contribution in [2.75, 3.05) is 36.5 Å². The van der Waals surface area contributed by atoms with Crippen LogP contribution in [0, 0.1) is 5.82 Å². The van der Waals surface area contributed by atoms with Crippen molar-refractivity contribution in [2.45, 2.75) is 12.5 Å². The Kier molecular flexibility index (Phi) is 6.81. The van der Waals surface area contributed by atoms with Gasteiger partial charge in [-0.3, -0.25) is 9.59 Å². The molecule has 3 aromatic rings. The summed E-state index contributed by atoms with van der Waals surface area (Å²) in [4.78, 5) is 27.4. The standard InChI is InChI=1S/C24H24FN3O4/c25-19-16-18(8-9-21(19)28-10-13-31-14-11-28)26-23(29)20(15-17-5-2-1-3-6-17)27-24(30)22-7-4-12-32-22/h1-9,12,16,20H,10-11,13-15H2,(H,26,29)(H,27,30). The van der Waals surface area contributed by atoms with Crippen molar-refractivity contribution < 1.29 is 23.1 Å². The normalized spacial score (nSPS) is 14.6. The van der Waals surface area contributed by atoms with Gasteiger partial charge in [0.1, 0.15) is 11.9 Å². The molecule has 0 radical (unpaired) electrons. The average molecular weight is 437 g/mol. The summed E-state index contributed by atoms with van der Waals surface area (Å²) in [7, 11) is 0. The van der Waals surface area contributed by atoms with Gasteiger partial charge in [-0.2, -0.15) is 0 Å². The molecule has 2 aromatic carbocycles. The van der Waals surface area contributed by atoms with E-state index in [1.807, 2.05) is 35.2 Å². The first-order valence-corrected chi connectivity index (χ1v) is 10.4. The Hall–Kier alpha value is -3.65. The first kappa shape index (κ1) is 21.6. The van der Waals surface area contributed by atoms with E-state index in [-0.39, 0.29) is 12.2 Å². The molecule has 2 amide bonds. The van der Waals surface area contributed by atoms with Gasteiger partial charge in [0, 0.05) is 25.2 Å². The molecule has 1 unspecified atom stereocenters. The molecular weight excluding hydrogens is 413 g/mol. The Balaban J connectivity index is 1.48. The summed E-state index contributed by atoms with van der Waals surface area (Å²) in [6.45, 7) is 2.32. The van der Waals surface area contributed by atoms with Gasteiger partial charge in [-0.05, 0) is 35.9 Å². The molecule has 0 aliphatic carbocycles. The second kappa shape index (κ2) is 10.1. The predicted molar refractivity (Wildman–Crippen MR) is 118 cm³/mol. The molecule has 2 N–H and O–H groups in total. The highest BCUT2D eigenvalue weighted by molar-refractivity contribution is 6.00. The molecule has 1 fully saturated rings. The maximum Gasteiger partial charge on any atom is 0.287 e. The Morgan fingerprint density at radius 2 is 1.81 bits per heavy atom. The van der Waals surface area contributed by atoms with Crippen LogP contribution < -0.4 is 15.5 Å². The number of carbonyl (C=O) groups excluding carboxylic acids is 2. The van der Waals surface area contributed by atoms with Gasteiger partial charge in [0.25, 0.3) is 5.91 Å². The molecule has 1 aliphatic rings. The SMILES string of the molecule is O=C(NC(Cc1ccccc1)C(=O)Nc1ccc(N2CCOCC2)c(F)c1)c1ccco1. The van der Waals surface area contributed by atoms with E-state index in [4.69, 9.17) is 9.15 Å². The van der Waals surface area contributed by atoms with Crippen LogP contribution in [0.5, 0.6) is 0 Å². The molecular formula is C24H24FN3O4. The number of benzene rings is 2. The topological polar surface area (TPSA) is 83.8 Å². The van der Waals surface area contributed by atoms with Crippen LogP contribution >= 0.6 is 0 Å². The van der Waals surface area contributed by atoms with Crippen LogP contribution in [0.1, 0.15) is 16.1 Å². The smallest absolute Gasteiger partial charge is 0.287 e. The summed E-state index contributed by atoms with van der Waals surface area (Å²) < 4.78 is 25.1. The number of halogens is 1. The summed E-state index contributed by atoms with van der Waals surface area (Å²) in [6.07, 6.45) is 1.66. The largest absolute Gasteiger partial charge is 0.459 e. The maximum absolute atomic E-state index is 14.7. The third-order valence-electron chi connectivity index (χ3n) is 5.22. The van der Waals surface area contributed by atoms with E-state index in [2.05, 4.69) is 10.6 Å². The monoisotopic (exact) mass is 437 g/mol. The van der Waals surface area contributed by atoms with Gasteiger partial charge in [0.05, 0.1) is 25.2 Å². The number of hydrogen-bond acceptors (Lipinski definition) is 5. The van der Waals surface area contributed by atoms with E-state index in [0.29, 0.717) is 37.7 Å². The van der Waals surface area contributed by atoms with Crippen molar-refractivity contribution in [1.82, 2.24) is 5.32 Å². The van der Waals surface area contributed by atoms with Crippen molar-refractivity contribution in [1.29, 1.82) is 0 Å². The van der Waals surface area contributed by atoms with Gasteiger partial charge >= 0.3 is 0 Å². The van der Waals surface area contributed by atoms with Crippen LogP contribution in [0.15, 0.2) is 71.3 Å². The summed E-state index contributed by atoms with van der Waals surface area (Å²) in [6, 6.07) is 16.2. The van der Waals surface area contributed by atoms with E-state index >= 15 is 0 Å². The molecule has 166 valence electrons. The number of carbonyl (C=O) groups is 2. The molecule has 1 atom stereocenters. The van der Waals surface area contributed by atoms with Crippen molar-refractivity contribution in [3.8, 4) is 0 Å². The van der Waals surface area contributed by atoms with Crippen LogP contribution in [-0.4, -0.2) is 44.2 Å². The molecule has 1 aromatic heterocycles. The molecule has 1 saturated heterocycles. The Morgan fingerprint density at radius 3 is 2.50 bits per heavy atom. The number of rotatable bonds is 7. The molecule has 2 heterocycles. The van der Waals surface area contributed by atoms with Gasteiger partial charge in [-0.15, -0.1) is 0 Å². The number of furan rings is 1. The predicted octanol–water partition coefficient (Wildman–Crippen LogP) is 3.24. The van der Waals surface area contributed by atoms with Gasteiger partial charge in [-0.1, -0.05) is 30.3 Å². The first-order valence-electron chi connectivity index (χ1n) is 10.4. The lowest BCUT2D eigenvalue weighted by Crippen LogP contribution is -2.45. The van der Waals surface area contributed by atoms with E-state index in [0.717, 1.165) is 5.56 Å². The number of anilines is 2. The molecule has 0 spiro atoms. The number of nitrogens with zero attached hydrogens (tertiary/aromatic N) is 1. The molecule has 7 nitrogen and oxygen atoms in total. The fraction of sp³-hybridized carbons (Fsp3) is 0.250. The van der Waals surface area contributed by atoms with Gasteiger partial charge < -0.3 is 24.7 Å². The minimum absolute atomic E-state index is 0.108. The molecule has 4 rings (SSSR count). The lowest BCUT2D eigenvalue weighted by Gasteiger charge is -2.29. The van der Waals surface area contributed by atoms with Crippen LogP contribution in [0.2, 0.25) is 0 Å². The molecule has 0 bridgehead atoms. The third-order valence-corrected chi connectivity index (χ3v) is 5.22. The molecule has 8 heteroatoms. The highest BCUT2D eigenvalue weighted by Crippen LogP contribution is 2.24. The molecule has 0 saturated carbocycles. The van der Waals surface area contributed by atoms with Crippen molar-refractivity contribution >= 4 is 23.2 Å². The lowest BCUT2D eigenvalue weighted by molar-refractivity contribution is -0.118. The second-order valence-electron chi connectivity index (χ2n) is 7.45. The molecule has 32 heavy (non-hydrogen) atoms. The van der Waals surface area contributed by atoms with Crippen LogP contribution in [-0.2, 0) is 16.0 Å². The molecule has 1 aliphatic heterocycles. The van der Waals surface area contributed by atoms with E-state index in [1.54, 1.807) is 18.2 Å². The number of amides is 2. The zero-order chi connectivity index (χ0) is 22.3. The van der Waals surface area contributed by atoms with E-state index in [9.17, 15) is 14.0 Å². The summed E-state index contributed by atoms with van der Waals surface area (Å²) in [5.41, 5.74) is 1.66. The summed E-state index contributed by atoms with van der Waals surface area (Å²) in [5, 5.41) is 5.42. The minimum atomic E-state index is -0.878. The summed E-state index contributed by atoms with van der Waals surface area (Å²) >= 11 is 0. The Labute approximate surface area is 185 Å². The summed E-state index contributed by atoms with van der Waals surface area (Å²) in [5.74, 6) is -1.27. The van der Waals surface area contributed by atoms with Gasteiger partial charge in [0.15, 0.2) is 5.76 Å². The average Bonchev–Trinajstić information content (AvgIpc) is 3.35. The minimum Gasteiger partial charge on any atom is -0.459 e. The van der Waals surface area contributed by atoms with Crippen molar-refractivity contribution in [3.63, 3.8) is 0 Å². The third kappa shape index (κ3) is 5.33. The van der Waals surface area contributed by atoms with E-state index in [1.165, 1.54) is 18.4 Å². The highest BCUT2D eigenvalue weighted by Gasteiger charge is 2.24. The zero-order valence-electron chi connectivity index (χ0n) is 17.4. The van der Waals surface area contributed by atoms with Gasteiger partial charge in [-0.25, -0.2) is 4.39 Å². The van der Waals surface area contributed by atoms with Gasteiger partial charge in [0.2, 0.25) is 5.91 Å². The maximum atomic E-state index is 14.7. The van der Waals surface area contributed by atoms with Crippen molar-refractivity contribution in [2.24, 2.45) is 0 Å². The number of ether oxygens (including phenoxy) is 1. The van der Waals surface area contributed by atoms with Crippen LogP contribution in [0.3, 0.4) is 0 Å². The van der Waals surface area contributed by atoms with Crippen LogP contribution in [0.4, 0.5) is 15.8 Å². The first-order chi connectivity index (χ1) is 15.6. The number of hydrogen-bond donors (Lipinski definition) is 2. The van der Waals surface area contributed by atoms with E-state index < -0.39 is 23.7 Å². The number of morpholine rings is 1. The van der Waals surface area contributed by atoms with Crippen molar-refractivity contribution in [3.05, 3.63) is 84.1 Å². The Morgan fingerprint density at radius 1 is 1.03 bits per heavy atom. The fourth-order valence-electron chi connectivity index (χ4n) is 3.57. The lowest BCUT2D eigenvalue weighted by atomic mass is 10.0. The highest BCUT2D eigenvalue weighted by atomic mass is 19.1. The second-order valence-corrected chi connectivity index (χ2v) is 7.45. The number of nitrogens with one attached hydrogen (secondary N) is 2. The Bertz CT molecular complexity index is 1050.